The van der Waals surface area contributed by atoms with Gasteiger partial charge in [-0.25, -0.2) is 4.79 Å². The van der Waals surface area contributed by atoms with E-state index in [0.29, 0.717) is 0 Å². The number of H-pyrrole nitrogens is 1. The molecule has 0 bridgehead atoms. The molecule has 1 aromatic heterocycles. The van der Waals surface area contributed by atoms with Crippen LogP contribution in [0.3, 0.4) is 0 Å². The minimum Gasteiger partial charge on any atom is -0.394 e. The van der Waals surface area contributed by atoms with E-state index in [0.717, 1.165) is 10.6 Å². The molecule has 1 aliphatic heterocycles. The number of aliphatic hydroxyl groups excluding tert-OH is 2. The summed E-state index contributed by atoms with van der Waals surface area (Å²) in [6.07, 6.45) is -1.62. The quantitative estimate of drug-likeness (QED) is 0.555. The maximum absolute atomic E-state index is 11.6. The number of ether oxygens (including phenoxy) is 1. The minimum absolute atomic E-state index is 0.239. The molecule has 18 heavy (non-hydrogen) atoms. The lowest BCUT2D eigenvalue weighted by Gasteiger charge is -2.13. The Hall–Kier alpha value is -1.92. The van der Waals surface area contributed by atoms with Crippen LogP contribution in [0, 0.1) is 0 Å². The first kappa shape index (κ1) is 12.5. The second-order valence-corrected chi connectivity index (χ2v) is 3.80. The molecule has 1 aliphatic rings. The molecule has 0 saturated carbocycles. The van der Waals surface area contributed by atoms with E-state index in [1.54, 1.807) is 0 Å². The van der Waals surface area contributed by atoms with Crippen LogP contribution in [-0.4, -0.2) is 38.6 Å². The van der Waals surface area contributed by atoms with Crippen molar-refractivity contribution in [1.82, 2.24) is 9.55 Å². The summed E-state index contributed by atoms with van der Waals surface area (Å²) in [4.78, 5) is 24.6. The summed E-state index contributed by atoms with van der Waals surface area (Å²) >= 11 is 0. The Morgan fingerprint density at radius 2 is 2.28 bits per heavy atom. The average Bonchev–Trinajstić information content (AvgIpc) is 2.65. The van der Waals surface area contributed by atoms with Crippen molar-refractivity contribution >= 4 is 0 Å². The van der Waals surface area contributed by atoms with E-state index < -0.39 is 36.3 Å². The van der Waals surface area contributed by atoms with Crippen LogP contribution in [0.4, 0.5) is 0 Å². The van der Waals surface area contributed by atoms with Crippen molar-refractivity contribution in [1.29, 1.82) is 0 Å². The van der Waals surface area contributed by atoms with E-state index in [2.05, 4.69) is 17.3 Å². The smallest absolute Gasteiger partial charge is 0.330 e. The summed E-state index contributed by atoms with van der Waals surface area (Å²) in [6, 6.07) is 1.16. The Morgan fingerprint density at radius 1 is 1.56 bits per heavy atom. The summed E-state index contributed by atoms with van der Waals surface area (Å²) in [7, 11) is 0. The number of rotatable bonds is 2. The van der Waals surface area contributed by atoms with Crippen LogP contribution in [0.5, 0.6) is 0 Å². The van der Waals surface area contributed by atoms with E-state index in [9.17, 15) is 14.7 Å². The zero-order valence-corrected chi connectivity index (χ0v) is 9.37. The van der Waals surface area contributed by atoms with Crippen LogP contribution in [0.25, 0.3) is 0 Å². The van der Waals surface area contributed by atoms with Gasteiger partial charge in [-0.15, -0.1) is 5.73 Å². The zero-order valence-electron chi connectivity index (χ0n) is 9.37. The standard InChI is InChI=1S/C11H12N2O5/c1-2-6-9(16)7(5-14)18-10(6)13-4-3-8(15)12-11(13)17/h3-4,7,9-10,14,16H,1,5H2,(H,12,15,17)/t7-,9+,10-/m1/s1. The van der Waals surface area contributed by atoms with Crippen molar-refractivity contribution in [2.24, 2.45) is 0 Å². The van der Waals surface area contributed by atoms with Gasteiger partial charge in [0.2, 0.25) is 0 Å². The Labute approximate surface area is 101 Å². The molecule has 0 aliphatic carbocycles. The average molecular weight is 252 g/mol. The SMILES string of the molecule is C=C=C1[C@H](n2ccc(=O)[nH]c2=O)O[C@H](CO)[C@H]1O. The van der Waals surface area contributed by atoms with E-state index in [1.807, 2.05) is 0 Å². The number of aromatic amines is 1. The molecule has 1 fully saturated rings. The third-order valence-electron chi connectivity index (χ3n) is 2.73. The summed E-state index contributed by atoms with van der Waals surface area (Å²) in [5, 5.41) is 18.9. The molecular weight excluding hydrogens is 240 g/mol. The molecular formula is C11H12N2O5. The van der Waals surface area contributed by atoms with Crippen molar-refractivity contribution in [3.8, 4) is 0 Å². The van der Waals surface area contributed by atoms with Crippen LogP contribution >= 0.6 is 0 Å². The summed E-state index contributed by atoms with van der Waals surface area (Å²) in [6.45, 7) is 3.01. The van der Waals surface area contributed by atoms with Crippen molar-refractivity contribution in [2.45, 2.75) is 18.4 Å². The first-order valence-electron chi connectivity index (χ1n) is 5.24. The second-order valence-electron chi connectivity index (χ2n) is 3.80. The number of nitrogens with one attached hydrogen (secondary N) is 1. The van der Waals surface area contributed by atoms with Crippen LogP contribution in [0.1, 0.15) is 6.23 Å². The third-order valence-corrected chi connectivity index (χ3v) is 2.73. The van der Waals surface area contributed by atoms with Gasteiger partial charge in [-0.3, -0.25) is 14.3 Å². The molecule has 1 aromatic rings. The highest BCUT2D eigenvalue weighted by molar-refractivity contribution is 5.17. The fourth-order valence-electron chi connectivity index (χ4n) is 1.82. The molecule has 0 amide bonds. The molecule has 7 nitrogen and oxygen atoms in total. The predicted molar refractivity (Wildman–Crippen MR) is 61.0 cm³/mol. The highest BCUT2D eigenvalue weighted by Crippen LogP contribution is 2.32. The van der Waals surface area contributed by atoms with Gasteiger partial charge in [0.05, 0.1) is 12.2 Å². The van der Waals surface area contributed by atoms with Crippen molar-refractivity contribution in [3.63, 3.8) is 0 Å². The molecule has 96 valence electrons. The van der Waals surface area contributed by atoms with Gasteiger partial charge in [0.15, 0.2) is 6.23 Å². The molecule has 3 atom stereocenters. The lowest BCUT2D eigenvalue weighted by molar-refractivity contribution is -0.0447. The Kier molecular flexibility index (Phi) is 3.31. The molecule has 2 rings (SSSR count). The normalized spacial score (nSPS) is 27.2. The van der Waals surface area contributed by atoms with Crippen LogP contribution in [-0.2, 0) is 4.74 Å². The minimum atomic E-state index is -1.09. The van der Waals surface area contributed by atoms with E-state index >= 15 is 0 Å². The monoisotopic (exact) mass is 252 g/mol. The van der Waals surface area contributed by atoms with Crippen molar-refractivity contribution in [3.05, 3.63) is 51.0 Å². The summed E-state index contributed by atoms with van der Waals surface area (Å²) in [5.41, 5.74) is 1.53. The van der Waals surface area contributed by atoms with Gasteiger partial charge in [0.1, 0.15) is 12.2 Å². The third kappa shape index (κ3) is 1.96. The summed E-state index contributed by atoms with van der Waals surface area (Å²) < 4.78 is 6.43. The maximum Gasteiger partial charge on any atom is 0.330 e. The molecule has 0 aromatic carbocycles. The Bertz CT molecular complexity index is 610. The number of aliphatic hydroxyl groups is 2. The van der Waals surface area contributed by atoms with Gasteiger partial charge < -0.3 is 14.9 Å². The highest BCUT2D eigenvalue weighted by Gasteiger charge is 2.39. The van der Waals surface area contributed by atoms with Gasteiger partial charge in [0.25, 0.3) is 5.56 Å². The molecule has 3 N–H and O–H groups in total. The predicted octanol–water partition coefficient (Wildman–Crippen LogP) is -1.50. The fourth-order valence-corrected chi connectivity index (χ4v) is 1.82. The van der Waals surface area contributed by atoms with Gasteiger partial charge in [-0.2, -0.15) is 0 Å². The molecule has 0 radical (unpaired) electrons. The first-order chi connectivity index (χ1) is 8.58. The Morgan fingerprint density at radius 3 is 2.83 bits per heavy atom. The zero-order chi connectivity index (χ0) is 13.3. The number of nitrogens with zero attached hydrogens (tertiary/aromatic N) is 1. The first-order valence-corrected chi connectivity index (χ1v) is 5.24. The number of aromatic nitrogens is 2. The van der Waals surface area contributed by atoms with E-state index in [-0.39, 0.29) is 5.57 Å². The maximum atomic E-state index is 11.6. The molecule has 2 heterocycles. The van der Waals surface area contributed by atoms with Crippen LogP contribution in [0.2, 0.25) is 0 Å². The number of hydrogen-bond donors (Lipinski definition) is 3. The highest BCUT2D eigenvalue weighted by atomic mass is 16.5. The molecule has 7 heteroatoms. The van der Waals surface area contributed by atoms with Crippen LogP contribution in [0.15, 0.2) is 39.7 Å². The lowest BCUT2D eigenvalue weighted by Crippen LogP contribution is -2.32. The number of hydrogen-bond acceptors (Lipinski definition) is 5. The molecule has 1 saturated heterocycles. The second kappa shape index (κ2) is 4.75. The van der Waals surface area contributed by atoms with Crippen LogP contribution < -0.4 is 11.2 Å². The molecule has 0 spiro atoms. The van der Waals surface area contributed by atoms with Gasteiger partial charge in [0, 0.05) is 12.3 Å². The molecule has 0 unspecified atom stereocenters. The van der Waals surface area contributed by atoms with Gasteiger partial charge in [-0.05, 0) is 0 Å². The topological polar surface area (TPSA) is 105 Å². The largest absolute Gasteiger partial charge is 0.394 e. The Balaban J connectivity index is 2.48. The van der Waals surface area contributed by atoms with Crippen molar-refractivity contribution < 1.29 is 14.9 Å². The fraction of sp³-hybridized carbons (Fsp3) is 0.364. The van der Waals surface area contributed by atoms with E-state index in [1.165, 1.54) is 6.20 Å². The van der Waals surface area contributed by atoms with Gasteiger partial charge in [-0.1, -0.05) is 6.58 Å². The summed E-state index contributed by atoms with van der Waals surface area (Å²) in [5.74, 6) is 0. The lowest BCUT2D eigenvalue weighted by atomic mass is 10.1. The van der Waals surface area contributed by atoms with Crippen molar-refractivity contribution in [2.75, 3.05) is 6.61 Å². The van der Waals surface area contributed by atoms with Gasteiger partial charge >= 0.3 is 5.69 Å². The van der Waals surface area contributed by atoms with E-state index in [4.69, 9.17) is 9.84 Å².